The minimum atomic E-state index is -0.820. The Balaban J connectivity index is 1.42. The molecule has 1 aromatic rings. The number of phenols is 1. The summed E-state index contributed by atoms with van der Waals surface area (Å²) in [6.45, 7) is 5.01. The number of carboxylic acid groups (broad SMARTS) is 1. The molecule has 3 aliphatic rings. The number of aliphatic carboxylic acids is 1. The van der Waals surface area contributed by atoms with Gasteiger partial charge in [-0.2, -0.15) is 0 Å². The van der Waals surface area contributed by atoms with Crippen molar-refractivity contribution in [2.75, 3.05) is 13.2 Å². The summed E-state index contributed by atoms with van der Waals surface area (Å²) in [6.07, 6.45) is 7.03. The van der Waals surface area contributed by atoms with Crippen molar-refractivity contribution in [3.05, 3.63) is 46.5 Å². The Morgan fingerprint density at radius 2 is 1.89 bits per heavy atom. The van der Waals surface area contributed by atoms with E-state index in [1.165, 1.54) is 16.0 Å². The highest BCUT2D eigenvalue weighted by atomic mass is 16.5. The molecule has 2 N–H and O–H groups in total. The summed E-state index contributed by atoms with van der Waals surface area (Å²) in [5.74, 6) is -1.40. The first kappa shape index (κ1) is 26.1. The number of unbranched alkanes of at least 4 members (excludes halogenated alkanes) is 2. The van der Waals surface area contributed by atoms with E-state index in [1.54, 1.807) is 12.1 Å². The number of rotatable bonds is 11. The third kappa shape index (κ3) is 5.41. The summed E-state index contributed by atoms with van der Waals surface area (Å²) < 4.78 is 6.25. The number of hydrogen-bond acceptors (Lipinski definition) is 5. The van der Waals surface area contributed by atoms with Gasteiger partial charge in [-0.05, 0) is 57.1 Å². The largest absolute Gasteiger partial charge is 0.507 e. The van der Waals surface area contributed by atoms with Crippen LogP contribution in [-0.2, 0) is 19.1 Å². The second kappa shape index (κ2) is 11.4. The van der Waals surface area contributed by atoms with E-state index in [1.807, 2.05) is 18.2 Å². The lowest BCUT2D eigenvalue weighted by Gasteiger charge is -2.31. The normalized spacial score (nSPS) is 25.9. The van der Waals surface area contributed by atoms with Gasteiger partial charge in [-0.3, -0.25) is 19.3 Å². The van der Waals surface area contributed by atoms with Crippen LogP contribution in [0.15, 0.2) is 41.0 Å². The molecular weight excluding hydrogens is 458 g/mol. The third-order valence-corrected chi connectivity index (χ3v) is 7.94. The van der Waals surface area contributed by atoms with Gasteiger partial charge < -0.3 is 14.9 Å². The molecule has 2 saturated heterocycles. The first-order valence-electron chi connectivity index (χ1n) is 13.2. The van der Waals surface area contributed by atoms with Crippen LogP contribution in [0, 0.1) is 17.8 Å². The van der Waals surface area contributed by atoms with Gasteiger partial charge in [-0.1, -0.05) is 48.8 Å². The van der Waals surface area contributed by atoms with E-state index in [2.05, 4.69) is 13.8 Å². The van der Waals surface area contributed by atoms with Crippen LogP contribution >= 0.6 is 0 Å². The number of carboxylic acids is 1. The average molecular weight is 496 g/mol. The summed E-state index contributed by atoms with van der Waals surface area (Å²) in [7, 11) is 0. The SMILES string of the molecule is CCC1=C2[C@@H](CC/C(C)=C/c3ccccc3O)OC[C@@H]2[C@@H]2C(=O)N(CCCCCC(=O)O)C(=O)[C@@H]2C1. The van der Waals surface area contributed by atoms with Crippen molar-refractivity contribution in [1.82, 2.24) is 4.90 Å². The number of likely N-dealkylation sites (tertiary alicyclic amines) is 1. The molecule has 0 bridgehead atoms. The first-order valence-corrected chi connectivity index (χ1v) is 13.2. The predicted molar refractivity (Wildman–Crippen MR) is 136 cm³/mol. The van der Waals surface area contributed by atoms with Crippen LogP contribution in [-0.4, -0.2) is 52.2 Å². The topological polar surface area (TPSA) is 104 Å². The van der Waals surface area contributed by atoms with Crippen molar-refractivity contribution < 1.29 is 29.3 Å². The summed E-state index contributed by atoms with van der Waals surface area (Å²) in [5.41, 5.74) is 4.44. The Morgan fingerprint density at radius 3 is 2.61 bits per heavy atom. The summed E-state index contributed by atoms with van der Waals surface area (Å²) >= 11 is 0. The van der Waals surface area contributed by atoms with E-state index in [-0.39, 0.29) is 47.8 Å². The fourth-order valence-electron chi connectivity index (χ4n) is 6.13. The van der Waals surface area contributed by atoms with E-state index in [9.17, 15) is 19.5 Å². The van der Waals surface area contributed by atoms with Crippen LogP contribution in [0.5, 0.6) is 5.75 Å². The minimum Gasteiger partial charge on any atom is -0.507 e. The molecule has 4 rings (SSSR count). The highest BCUT2D eigenvalue weighted by Gasteiger charge is 2.56. The van der Waals surface area contributed by atoms with Crippen molar-refractivity contribution in [2.45, 2.75) is 71.3 Å². The fourth-order valence-corrected chi connectivity index (χ4v) is 6.13. The van der Waals surface area contributed by atoms with Gasteiger partial charge in [-0.25, -0.2) is 0 Å². The van der Waals surface area contributed by atoms with Gasteiger partial charge in [0.15, 0.2) is 0 Å². The molecule has 2 fully saturated rings. The van der Waals surface area contributed by atoms with E-state index in [0.29, 0.717) is 38.8 Å². The molecule has 2 heterocycles. The molecule has 194 valence electrons. The van der Waals surface area contributed by atoms with Crippen LogP contribution in [0.3, 0.4) is 0 Å². The fraction of sp³-hybridized carbons (Fsp3) is 0.552. The molecule has 2 aliphatic heterocycles. The number of carbonyl (C=O) groups is 3. The number of fused-ring (bicyclic) bond motifs is 3. The Kier molecular flexibility index (Phi) is 8.29. The van der Waals surface area contributed by atoms with E-state index in [4.69, 9.17) is 9.84 Å². The van der Waals surface area contributed by atoms with Gasteiger partial charge in [0.05, 0.1) is 24.5 Å². The Hall–Kier alpha value is -2.93. The molecule has 0 unspecified atom stereocenters. The number of phenolic OH excluding ortho intramolecular Hbond substituents is 1. The maximum Gasteiger partial charge on any atom is 0.303 e. The number of amides is 2. The molecule has 1 aromatic carbocycles. The van der Waals surface area contributed by atoms with Gasteiger partial charge in [0.2, 0.25) is 11.8 Å². The number of benzene rings is 1. The lowest BCUT2D eigenvalue weighted by atomic mass is 9.69. The van der Waals surface area contributed by atoms with Crippen LogP contribution < -0.4 is 0 Å². The Morgan fingerprint density at radius 1 is 1.11 bits per heavy atom. The van der Waals surface area contributed by atoms with Crippen LogP contribution in [0.4, 0.5) is 0 Å². The second-order valence-electron chi connectivity index (χ2n) is 10.3. The number of carbonyl (C=O) groups excluding carboxylic acids is 2. The highest BCUT2D eigenvalue weighted by molar-refractivity contribution is 6.05. The quantitative estimate of drug-likeness (QED) is 0.256. The van der Waals surface area contributed by atoms with Crippen molar-refractivity contribution in [3.8, 4) is 5.75 Å². The molecule has 7 heteroatoms. The molecule has 0 aromatic heterocycles. The van der Waals surface area contributed by atoms with E-state index >= 15 is 0 Å². The zero-order valence-electron chi connectivity index (χ0n) is 21.2. The summed E-state index contributed by atoms with van der Waals surface area (Å²) in [5, 5.41) is 18.9. The Bertz CT molecular complexity index is 1070. The molecule has 36 heavy (non-hydrogen) atoms. The zero-order chi connectivity index (χ0) is 25.8. The van der Waals surface area contributed by atoms with Crippen molar-refractivity contribution in [3.63, 3.8) is 0 Å². The summed E-state index contributed by atoms with van der Waals surface area (Å²) in [4.78, 5) is 38.7. The molecule has 4 atom stereocenters. The number of allylic oxidation sites excluding steroid dienone is 2. The molecular formula is C29H37NO6. The van der Waals surface area contributed by atoms with Crippen LogP contribution in [0.25, 0.3) is 6.08 Å². The highest BCUT2D eigenvalue weighted by Crippen LogP contribution is 2.50. The second-order valence-corrected chi connectivity index (χ2v) is 10.3. The van der Waals surface area contributed by atoms with Gasteiger partial charge in [-0.15, -0.1) is 0 Å². The lowest BCUT2D eigenvalue weighted by Crippen LogP contribution is -2.34. The number of ether oxygens (including phenoxy) is 1. The van der Waals surface area contributed by atoms with Crippen LogP contribution in [0.2, 0.25) is 0 Å². The zero-order valence-corrected chi connectivity index (χ0v) is 21.2. The number of para-hydroxylation sites is 1. The molecule has 0 spiro atoms. The number of hydrogen-bond donors (Lipinski definition) is 2. The number of imide groups is 1. The smallest absolute Gasteiger partial charge is 0.303 e. The van der Waals surface area contributed by atoms with Gasteiger partial charge in [0.25, 0.3) is 0 Å². The van der Waals surface area contributed by atoms with Gasteiger partial charge >= 0.3 is 5.97 Å². The standard InChI is InChI=1S/C29H37NO6/c1-3-19-16-21-27(29(35)30(28(21)34)14-8-4-5-11-25(32)33)22-17-36-24(26(19)22)13-12-18(2)15-20-9-6-7-10-23(20)31/h6-7,9-10,15,21-22,24,27,31H,3-5,8,11-14,16-17H2,1-2H3,(H,32,33)/b18-15+/t21-,22+,24-,27-/m1/s1. The van der Waals surface area contributed by atoms with Gasteiger partial charge in [0, 0.05) is 24.4 Å². The lowest BCUT2D eigenvalue weighted by molar-refractivity contribution is -0.141. The molecule has 2 amide bonds. The monoisotopic (exact) mass is 495 g/mol. The molecule has 0 saturated carbocycles. The van der Waals surface area contributed by atoms with E-state index in [0.717, 1.165) is 30.4 Å². The van der Waals surface area contributed by atoms with Crippen molar-refractivity contribution in [1.29, 1.82) is 0 Å². The Labute approximate surface area is 212 Å². The van der Waals surface area contributed by atoms with Crippen molar-refractivity contribution >= 4 is 23.9 Å². The minimum absolute atomic E-state index is 0.0420. The maximum atomic E-state index is 13.4. The van der Waals surface area contributed by atoms with Crippen LogP contribution in [0.1, 0.15) is 70.8 Å². The summed E-state index contributed by atoms with van der Waals surface area (Å²) in [6, 6.07) is 7.28. The molecule has 0 radical (unpaired) electrons. The predicted octanol–water partition coefficient (Wildman–Crippen LogP) is 4.95. The third-order valence-electron chi connectivity index (χ3n) is 7.94. The van der Waals surface area contributed by atoms with E-state index < -0.39 is 5.97 Å². The molecule has 1 aliphatic carbocycles. The van der Waals surface area contributed by atoms with Gasteiger partial charge in [0.1, 0.15) is 5.75 Å². The van der Waals surface area contributed by atoms with Crippen molar-refractivity contribution in [2.24, 2.45) is 17.8 Å². The number of aromatic hydroxyl groups is 1. The maximum absolute atomic E-state index is 13.4. The number of nitrogens with zero attached hydrogens (tertiary/aromatic N) is 1. The average Bonchev–Trinajstić information content (AvgIpc) is 3.37. The molecule has 7 nitrogen and oxygen atoms in total. The first-order chi connectivity index (χ1) is 17.3.